The van der Waals surface area contributed by atoms with Crippen LogP contribution in [-0.2, 0) is 6.42 Å². The number of phenolic OH excluding ortho intramolecular Hbond substituents is 1. The molecule has 0 spiro atoms. The molecule has 1 aromatic rings. The van der Waals surface area contributed by atoms with Gasteiger partial charge in [-0.25, -0.2) is 0 Å². The van der Waals surface area contributed by atoms with Crippen LogP contribution in [0.4, 0.5) is 5.69 Å². The molecule has 0 aliphatic carbocycles. The quantitative estimate of drug-likeness (QED) is 0.623. The van der Waals surface area contributed by atoms with E-state index < -0.39 is 0 Å². The molecule has 58 valence electrons. The van der Waals surface area contributed by atoms with Gasteiger partial charge in [-0.15, -0.1) is 0 Å². The van der Waals surface area contributed by atoms with Gasteiger partial charge in [-0.1, -0.05) is 11.6 Å². The van der Waals surface area contributed by atoms with Crippen LogP contribution >= 0.6 is 11.6 Å². The Bertz CT molecular complexity index is 298. The van der Waals surface area contributed by atoms with Crippen LogP contribution in [0.15, 0.2) is 12.1 Å². The van der Waals surface area contributed by atoms with Gasteiger partial charge in [0.15, 0.2) is 0 Å². The van der Waals surface area contributed by atoms with E-state index in [1.807, 2.05) is 6.07 Å². The monoisotopic (exact) mass is 169 g/mol. The first-order chi connectivity index (χ1) is 5.29. The molecule has 2 nitrogen and oxygen atoms in total. The van der Waals surface area contributed by atoms with Gasteiger partial charge in [0, 0.05) is 17.8 Å². The molecular weight excluding hydrogens is 162 g/mol. The van der Waals surface area contributed by atoms with Crippen LogP contribution in [0.25, 0.3) is 0 Å². The highest BCUT2D eigenvalue weighted by atomic mass is 35.5. The van der Waals surface area contributed by atoms with E-state index >= 15 is 0 Å². The first-order valence-electron chi connectivity index (χ1n) is 3.53. The molecule has 1 aliphatic heterocycles. The third kappa shape index (κ3) is 0.942. The number of fused-ring (bicyclic) bond motifs is 1. The summed E-state index contributed by atoms with van der Waals surface area (Å²) in [6, 6.07) is 3.60. The summed E-state index contributed by atoms with van der Waals surface area (Å²) < 4.78 is 0. The summed E-state index contributed by atoms with van der Waals surface area (Å²) in [5.41, 5.74) is 1.95. The lowest BCUT2D eigenvalue weighted by Crippen LogP contribution is -1.90. The summed E-state index contributed by atoms with van der Waals surface area (Å²) in [6.07, 6.45) is 0.863. The molecule has 0 atom stereocenters. The van der Waals surface area contributed by atoms with Crippen molar-refractivity contribution in [3.63, 3.8) is 0 Å². The van der Waals surface area contributed by atoms with Gasteiger partial charge in [-0.2, -0.15) is 0 Å². The normalized spacial score (nSPS) is 14.3. The lowest BCUT2D eigenvalue weighted by Gasteiger charge is -2.02. The van der Waals surface area contributed by atoms with Crippen molar-refractivity contribution in [2.75, 3.05) is 11.9 Å². The number of hydrogen-bond acceptors (Lipinski definition) is 2. The van der Waals surface area contributed by atoms with Crippen LogP contribution in [-0.4, -0.2) is 11.7 Å². The number of benzene rings is 1. The van der Waals surface area contributed by atoms with Crippen molar-refractivity contribution in [1.29, 1.82) is 0 Å². The number of nitrogens with one attached hydrogen (secondary N) is 1. The average Bonchev–Trinajstić information content (AvgIpc) is 2.45. The van der Waals surface area contributed by atoms with E-state index in [9.17, 15) is 5.11 Å². The van der Waals surface area contributed by atoms with Gasteiger partial charge in [0.2, 0.25) is 0 Å². The zero-order valence-electron chi connectivity index (χ0n) is 5.89. The third-order valence-corrected chi connectivity index (χ3v) is 2.23. The molecule has 0 unspecified atom stereocenters. The van der Waals surface area contributed by atoms with E-state index in [1.54, 1.807) is 6.07 Å². The molecule has 0 saturated heterocycles. The van der Waals surface area contributed by atoms with Crippen molar-refractivity contribution in [3.8, 4) is 5.75 Å². The molecule has 0 fully saturated rings. The van der Waals surface area contributed by atoms with E-state index in [-0.39, 0.29) is 5.75 Å². The minimum absolute atomic E-state index is 0.231. The maximum Gasteiger partial charge on any atom is 0.139 e. The van der Waals surface area contributed by atoms with Crippen LogP contribution in [0.3, 0.4) is 0 Å². The van der Waals surface area contributed by atoms with E-state index in [1.165, 1.54) is 0 Å². The first kappa shape index (κ1) is 6.80. The predicted molar refractivity (Wildman–Crippen MR) is 45.3 cm³/mol. The van der Waals surface area contributed by atoms with E-state index in [0.29, 0.717) is 5.02 Å². The van der Waals surface area contributed by atoms with Crippen molar-refractivity contribution in [3.05, 3.63) is 22.7 Å². The van der Waals surface area contributed by atoms with Crippen LogP contribution in [0.1, 0.15) is 5.56 Å². The highest BCUT2D eigenvalue weighted by Crippen LogP contribution is 2.35. The fourth-order valence-electron chi connectivity index (χ4n) is 1.35. The fourth-order valence-corrected chi connectivity index (χ4v) is 1.53. The maximum absolute atomic E-state index is 9.45. The molecule has 2 rings (SSSR count). The molecule has 0 saturated carbocycles. The molecule has 11 heavy (non-hydrogen) atoms. The minimum Gasteiger partial charge on any atom is -0.506 e. The SMILES string of the molecule is Oc1c(Cl)ccc2c1CCN2. The number of phenols is 1. The number of halogens is 1. The van der Waals surface area contributed by atoms with Crippen molar-refractivity contribution in [2.24, 2.45) is 0 Å². The summed E-state index contributed by atoms with van der Waals surface area (Å²) in [6.45, 7) is 0.892. The molecule has 0 aromatic heterocycles. The fraction of sp³-hybridized carbons (Fsp3) is 0.250. The smallest absolute Gasteiger partial charge is 0.139 e. The van der Waals surface area contributed by atoms with E-state index in [4.69, 9.17) is 11.6 Å². The van der Waals surface area contributed by atoms with Crippen molar-refractivity contribution in [1.82, 2.24) is 0 Å². The molecule has 0 radical (unpaired) electrons. The van der Waals surface area contributed by atoms with Crippen LogP contribution in [0.5, 0.6) is 5.75 Å². The largest absolute Gasteiger partial charge is 0.506 e. The van der Waals surface area contributed by atoms with Gasteiger partial charge in [-0.3, -0.25) is 0 Å². The minimum atomic E-state index is 0.231. The Morgan fingerprint density at radius 2 is 2.27 bits per heavy atom. The number of rotatable bonds is 0. The second-order valence-corrected chi connectivity index (χ2v) is 3.01. The Balaban J connectivity index is 2.62. The Kier molecular flexibility index (Phi) is 1.43. The Morgan fingerprint density at radius 3 is 3.09 bits per heavy atom. The number of aromatic hydroxyl groups is 1. The van der Waals surface area contributed by atoms with Gasteiger partial charge >= 0.3 is 0 Å². The summed E-state index contributed by atoms with van der Waals surface area (Å²) in [5, 5.41) is 13.0. The summed E-state index contributed by atoms with van der Waals surface area (Å²) in [5.74, 6) is 0.231. The molecular formula is C8H8ClNO. The molecule has 1 aliphatic rings. The zero-order chi connectivity index (χ0) is 7.84. The molecule has 1 aromatic carbocycles. The van der Waals surface area contributed by atoms with E-state index in [0.717, 1.165) is 24.2 Å². The first-order valence-corrected chi connectivity index (χ1v) is 3.91. The Morgan fingerprint density at radius 1 is 1.45 bits per heavy atom. The summed E-state index contributed by atoms with van der Waals surface area (Å²) >= 11 is 5.71. The molecule has 2 N–H and O–H groups in total. The zero-order valence-corrected chi connectivity index (χ0v) is 6.65. The van der Waals surface area contributed by atoms with Crippen LogP contribution in [0, 0.1) is 0 Å². The van der Waals surface area contributed by atoms with Gasteiger partial charge in [0.1, 0.15) is 5.75 Å². The maximum atomic E-state index is 9.45. The van der Waals surface area contributed by atoms with Gasteiger partial charge in [0.05, 0.1) is 5.02 Å². The topological polar surface area (TPSA) is 32.3 Å². The van der Waals surface area contributed by atoms with Crippen LogP contribution in [0.2, 0.25) is 5.02 Å². The second-order valence-electron chi connectivity index (χ2n) is 2.60. The molecule has 0 amide bonds. The predicted octanol–water partition coefficient (Wildman–Crippen LogP) is 2.01. The van der Waals surface area contributed by atoms with Crippen molar-refractivity contribution >= 4 is 17.3 Å². The number of hydrogen-bond donors (Lipinski definition) is 2. The van der Waals surface area contributed by atoms with Gasteiger partial charge in [-0.05, 0) is 18.6 Å². The highest BCUT2D eigenvalue weighted by Gasteiger charge is 2.15. The number of anilines is 1. The van der Waals surface area contributed by atoms with Crippen molar-refractivity contribution in [2.45, 2.75) is 6.42 Å². The van der Waals surface area contributed by atoms with Crippen molar-refractivity contribution < 1.29 is 5.11 Å². The Labute approximate surface area is 69.8 Å². The van der Waals surface area contributed by atoms with E-state index in [2.05, 4.69) is 5.32 Å². The second kappa shape index (κ2) is 2.31. The van der Waals surface area contributed by atoms with Crippen LogP contribution < -0.4 is 5.32 Å². The lowest BCUT2D eigenvalue weighted by atomic mass is 10.1. The molecule has 1 heterocycles. The Hall–Kier alpha value is -0.890. The standard InChI is InChI=1S/C8H8ClNO/c9-6-1-2-7-5(8(6)11)3-4-10-7/h1-2,10-11H,3-4H2. The molecule has 0 bridgehead atoms. The summed E-state index contributed by atoms with van der Waals surface area (Å²) in [7, 11) is 0. The van der Waals surface area contributed by atoms with Gasteiger partial charge in [0.25, 0.3) is 0 Å². The molecule has 3 heteroatoms. The van der Waals surface area contributed by atoms with Gasteiger partial charge < -0.3 is 10.4 Å². The summed E-state index contributed by atoms with van der Waals surface area (Å²) in [4.78, 5) is 0. The lowest BCUT2D eigenvalue weighted by molar-refractivity contribution is 0.470. The average molecular weight is 170 g/mol. The highest BCUT2D eigenvalue weighted by molar-refractivity contribution is 6.32. The third-order valence-electron chi connectivity index (χ3n) is 1.92.